The molecule has 0 aliphatic carbocycles. The Balaban J connectivity index is 0.00000205. The van der Waals surface area contributed by atoms with Gasteiger partial charge in [-0.05, 0) is 18.1 Å². The zero-order chi connectivity index (χ0) is 19.5. The number of piperidine rings is 1. The normalized spacial score (nSPS) is 31.3. The van der Waals surface area contributed by atoms with Crippen LogP contribution in [0, 0.1) is 0 Å². The number of carbonyl (C=O) groups is 1. The van der Waals surface area contributed by atoms with Crippen LogP contribution in [-0.2, 0) is 19.7 Å². The third-order valence-corrected chi connectivity index (χ3v) is 7.42. The molecular formula is C25H32NO3+. The number of carbonyl (C=O) groups excluding carboxylic acids is 1. The van der Waals surface area contributed by atoms with Crippen LogP contribution < -0.4 is 0 Å². The summed E-state index contributed by atoms with van der Waals surface area (Å²) in [5.41, 5.74) is 1.11. The molecule has 3 aliphatic rings. The highest BCUT2D eigenvalue weighted by Crippen LogP contribution is 2.52. The molecule has 3 saturated heterocycles. The van der Waals surface area contributed by atoms with E-state index in [1.165, 1.54) is 0 Å². The molecule has 0 radical (unpaired) electrons. The molecule has 2 bridgehead atoms. The summed E-state index contributed by atoms with van der Waals surface area (Å²) in [6.07, 6.45) is 2.46. The number of likely N-dealkylation sites (N-methyl/N-ethyl adjacent to an activating group) is 1. The number of hydrogen-bond acceptors (Lipinski definition) is 3. The predicted molar refractivity (Wildman–Crippen MR) is 114 cm³/mol. The molecular weight excluding hydrogens is 362 g/mol. The summed E-state index contributed by atoms with van der Waals surface area (Å²) in [5, 5.41) is 0. The van der Waals surface area contributed by atoms with Crippen molar-refractivity contribution in [1.29, 1.82) is 0 Å². The second-order valence-electron chi connectivity index (χ2n) is 9.18. The smallest absolute Gasteiger partial charge is 0.321 e. The van der Waals surface area contributed by atoms with E-state index in [1.54, 1.807) is 0 Å². The summed E-state index contributed by atoms with van der Waals surface area (Å²) in [4.78, 5) is 13.6. The van der Waals surface area contributed by atoms with Crippen molar-refractivity contribution in [2.24, 2.45) is 0 Å². The van der Waals surface area contributed by atoms with E-state index in [0.717, 1.165) is 28.5 Å². The fourth-order valence-electron chi connectivity index (χ4n) is 5.52. The second-order valence-corrected chi connectivity index (χ2v) is 9.18. The molecule has 5 rings (SSSR count). The third kappa shape index (κ3) is 3.01. The van der Waals surface area contributed by atoms with Gasteiger partial charge in [-0.2, -0.15) is 0 Å². The molecule has 3 fully saturated rings. The van der Waals surface area contributed by atoms with Gasteiger partial charge in [0.2, 0.25) is 0 Å². The molecule has 3 aliphatic heterocycles. The Hall–Kier alpha value is -2.17. The summed E-state index contributed by atoms with van der Waals surface area (Å²) < 4.78 is 13.1. The number of ether oxygens (including phenoxy) is 2. The van der Waals surface area contributed by atoms with Crippen molar-refractivity contribution in [2.75, 3.05) is 14.1 Å². The number of fused-ring (bicyclic) bond motifs is 5. The van der Waals surface area contributed by atoms with Crippen LogP contribution in [0.4, 0.5) is 0 Å². The Morgan fingerprint density at radius 2 is 1.38 bits per heavy atom. The molecule has 0 saturated carbocycles. The molecule has 0 amide bonds. The number of quaternary nitrogens is 1. The van der Waals surface area contributed by atoms with Crippen LogP contribution in [0.2, 0.25) is 0 Å². The van der Waals surface area contributed by atoms with Crippen LogP contribution >= 0.6 is 0 Å². The van der Waals surface area contributed by atoms with E-state index in [4.69, 9.17) is 9.47 Å². The fourth-order valence-corrected chi connectivity index (χ4v) is 5.52. The highest BCUT2D eigenvalue weighted by Gasteiger charge is 2.70. The van der Waals surface area contributed by atoms with E-state index in [0.29, 0.717) is 24.3 Å². The minimum Gasteiger partial charge on any atom is -0.461 e. The van der Waals surface area contributed by atoms with E-state index in [-0.39, 0.29) is 19.5 Å². The lowest BCUT2D eigenvalue weighted by atomic mass is 9.76. The van der Waals surface area contributed by atoms with Crippen molar-refractivity contribution in [3.63, 3.8) is 0 Å². The highest BCUT2D eigenvalue weighted by molar-refractivity contribution is 5.87. The molecule has 4 unspecified atom stereocenters. The predicted octanol–water partition coefficient (Wildman–Crippen LogP) is 3.93. The molecule has 3 heterocycles. The zero-order valence-corrected chi connectivity index (χ0v) is 16.7. The molecule has 154 valence electrons. The largest absolute Gasteiger partial charge is 0.461 e. The lowest BCUT2D eigenvalue weighted by Crippen LogP contribution is -2.60. The van der Waals surface area contributed by atoms with Gasteiger partial charge in [0.25, 0.3) is 0 Å². The Morgan fingerprint density at radius 1 is 0.931 bits per heavy atom. The molecule has 2 aromatic carbocycles. The van der Waals surface area contributed by atoms with Crippen molar-refractivity contribution in [3.05, 3.63) is 71.8 Å². The Morgan fingerprint density at radius 3 is 1.83 bits per heavy atom. The molecule has 5 atom stereocenters. The SMILES string of the molecule is C.CC(C(=O)OC1CC2C3O[C@@H]3C(C1)[N+]2(C)C)(c1ccccc1)c1ccccc1. The topological polar surface area (TPSA) is 38.8 Å². The van der Waals surface area contributed by atoms with Crippen LogP contribution in [0.1, 0.15) is 38.3 Å². The highest BCUT2D eigenvalue weighted by atomic mass is 16.6. The molecule has 0 N–H and O–H groups in total. The number of esters is 1. The van der Waals surface area contributed by atoms with E-state index in [1.807, 2.05) is 67.6 Å². The average Bonchev–Trinajstić information content (AvgIpc) is 3.47. The zero-order valence-electron chi connectivity index (χ0n) is 16.7. The van der Waals surface area contributed by atoms with E-state index in [2.05, 4.69) is 14.1 Å². The van der Waals surface area contributed by atoms with Crippen LogP contribution in [-0.4, -0.2) is 54.9 Å². The van der Waals surface area contributed by atoms with Gasteiger partial charge < -0.3 is 14.0 Å². The van der Waals surface area contributed by atoms with Crippen molar-refractivity contribution >= 4 is 5.97 Å². The first-order chi connectivity index (χ1) is 13.4. The van der Waals surface area contributed by atoms with Crippen molar-refractivity contribution in [2.45, 2.75) is 63.0 Å². The second kappa shape index (κ2) is 6.96. The molecule has 29 heavy (non-hydrogen) atoms. The molecule has 4 heteroatoms. The first kappa shape index (κ1) is 20.1. The third-order valence-electron chi connectivity index (χ3n) is 7.42. The number of morpholine rings is 1. The van der Waals surface area contributed by atoms with Crippen LogP contribution in [0.15, 0.2) is 60.7 Å². The summed E-state index contributed by atoms with van der Waals surface area (Å²) in [5.74, 6) is -0.156. The first-order valence-corrected chi connectivity index (χ1v) is 10.2. The summed E-state index contributed by atoms with van der Waals surface area (Å²) >= 11 is 0. The maximum atomic E-state index is 13.6. The maximum absolute atomic E-state index is 13.6. The summed E-state index contributed by atoms with van der Waals surface area (Å²) in [6.45, 7) is 1.98. The number of hydrogen-bond donors (Lipinski definition) is 0. The van der Waals surface area contributed by atoms with Gasteiger partial charge >= 0.3 is 5.97 Å². The van der Waals surface area contributed by atoms with Gasteiger partial charge in [-0.15, -0.1) is 0 Å². The number of nitrogens with zero attached hydrogens (tertiary/aromatic N) is 1. The lowest BCUT2D eigenvalue weighted by molar-refractivity contribution is -0.938. The van der Waals surface area contributed by atoms with E-state index < -0.39 is 5.41 Å². The minimum atomic E-state index is -0.817. The van der Waals surface area contributed by atoms with Crippen LogP contribution in [0.3, 0.4) is 0 Å². The van der Waals surface area contributed by atoms with E-state index >= 15 is 0 Å². The van der Waals surface area contributed by atoms with Crippen molar-refractivity contribution in [3.8, 4) is 0 Å². The molecule has 2 aromatic rings. The number of benzene rings is 2. The molecule has 4 nitrogen and oxygen atoms in total. The Kier molecular flexibility index (Phi) is 4.83. The molecule has 0 spiro atoms. The van der Waals surface area contributed by atoms with Gasteiger partial charge in [-0.1, -0.05) is 68.1 Å². The Labute approximate surface area is 174 Å². The quantitative estimate of drug-likeness (QED) is 0.448. The lowest BCUT2D eigenvalue weighted by Gasteiger charge is -2.45. The maximum Gasteiger partial charge on any atom is 0.321 e. The number of rotatable bonds is 4. The van der Waals surface area contributed by atoms with Gasteiger partial charge in [0, 0.05) is 12.8 Å². The fraction of sp³-hybridized carbons (Fsp3) is 0.480. The van der Waals surface area contributed by atoms with Crippen molar-refractivity contribution in [1.82, 2.24) is 0 Å². The van der Waals surface area contributed by atoms with Gasteiger partial charge in [-0.25, -0.2) is 0 Å². The monoisotopic (exact) mass is 394 g/mol. The van der Waals surface area contributed by atoms with Gasteiger partial charge in [-0.3, -0.25) is 4.79 Å². The molecule has 0 aromatic heterocycles. The average molecular weight is 395 g/mol. The van der Waals surface area contributed by atoms with E-state index in [9.17, 15) is 4.79 Å². The summed E-state index contributed by atoms with van der Waals surface area (Å²) in [6, 6.07) is 20.8. The Bertz CT molecular complexity index is 820. The van der Waals surface area contributed by atoms with Gasteiger partial charge in [0.1, 0.15) is 35.8 Å². The first-order valence-electron chi connectivity index (χ1n) is 10.2. The number of epoxide rings is 1. The van der Waals surface area contributed by atoms with Gasteiger partial charge in [0.05, 0.1) is 14.1 Å². The standard InChI is InChI=1S/C24H28NO3.CH4/c1-24(16-10-6-4-7-11-16,17-12-8-5-9-13-17)23(26)27-18-14-19-21-22(28-21)20(15-18)25(19,2)3;/h4-13,18-22H,14-15H2,1-3H3;1H4/q+1;/t18?,19?,20?,21-,22?;/m1./s1. The van der Waals surface area contributed by atoms with Crippen LogP contribution in [0.25, 0.3) is 0 Å². The van der Waals surface area contributed by atoms with Gasteiger partial charge in [0.15, 0.2) is 0 Å². The van der Waals surface area contributed by atoms with Crippen molar-refractivity contribution < 1.29 is 18.8 Å². The summed E-state index contributed by atoms with van der Waals surface area (Å²) in [7, 11) is 4.59. The van der Waals surface area contributed by atoms with Crippen LogP contribution in [0.5, 0.6) is 0 Å². The minimum absolute atomic E-state index is 0.